The Kier molecular flexibility index (Phi) is 4.62. The average molecular weight is 357 g/mol. The lowest BCUT2D eigenvalue weighted by molar-refractivity contribution is -0.139. The maximum Gasteiger partial charge on any atom is 0.338 e. The number of hydrogen-bond acceptors (Lipinski definition) is 3. The molecule has 2 N–H and O–H groups in total. The predicted molar refractivity (Wildman–Crippen MR) is 77.8 cm³/mol. The van der Waals surface area contributed by atoms with Gasteiger partial charge in [0.1, 0.15) is 5.82 Å². The lowest BCUT2D eigenvalue weighted by Gasteiger charge is -2.28. The van der Waals surface area contributed by atoms with Crippen molar-refractivity contribution in [3.05, 3.63) is 45.3 Å². The van der Waals surface area contributed by atoms with Crippen LogP contribution in [0.3, 0.4) is 0 Å². The van der Waals surface area contributed by atoms with E-state index in [-0.39, 0.29) is 11.1 Å². The van der Waals surface area contributed by atoms with Gasteiger partial charge in [0.25, 0.3) is 0 Å². The molecule has 0 radical (unpaired) electrons. The van der Waals surface area contributed by atoms with Crippen molar-refractivity contribution < 1.29 is 18.7 Å². The number of carbonyl (C=O) groups excluding carboxylic acids is 2. The molecule has 2 amide bonds. The van der Waals surface area contributed by atoms with E-state index in [1.54, 1.807) is 13.8 Å². The number of ether oxygens (including phenoxy) is 1. The van der Waals surface area contributed by atoms with Crippen molar-refractivity contribution in [3.63, 3.8) is 0 Å². The Labute approximate surface area is 129 Å². The molecule has 0 aliphatic carbocycles. The Hall–Kier alpha value is -1.89. The van der Waals surface area contributed by atoms with Gasteiger partial charge in [0, 0.05) is 5.70 Å². The first-order valence-corrected chi connectivity index (χ1v) is 7.13. The maximum atomic E-state index is 13.3. The predicted octanol–water partition coefficient (Wildman–Crippen LogP) is 2.78. The molecule has 0 saturated carbocycles. The second-order valence-electron chi connectivity index (χ2n) is 4.46. The number of rotatable bonds is 3. The normalized spacial score (nSPS) is 18.1. The van der Waals surface area contributed by atoms with Gasteiger partial charge in [0.15, 0.2) is 0 Å². The SMILES string of the molecule is CCOC(=O)C1=C(C)NC(=O)N[C@@H]1c1ccc(F)c(Br)c1. The molecule has 1 atom stereocenters. The first-order chi connectivity index (χ1) is 9.93. The van der Waals surface area contributed by atoms with Gasteiger partial charge in [-0.25, -0.2) is 14.0 Å². The molecule has 2 rings (SSSR count). The van der Waals surface area contributed by atoms with Crippen LogP contribution < -0.4 is 10.6 Å². The molecule has 0 spiro atoms. The molecule has 1 aliphatic rings. The smallest absolute Gasteiger partial charge is 0.338 e. The van der Waals surface area contributed by atoms with E-state index in [1.165, 1.54) is 18.2 Å². The molecule has 112 valence electrons. The highest BCUT2D eigenvalue weighted by Gasteiger charge is 2.32. The minimum atomic E-state index is -0.685. The second kappa shape index (κ2) is 6.26. The molecule has 0 aromatic heterocycles. The third-order valence-corrected chi connectivity index (χ3v) is 3.65. The summed E-state index contributed by atoms with van der Waals surface area (Å²) in [4.78, 5) is 23.7. The zero-order valence-corrected chi connectivity index (χ0v) is 13.1. The number of nitrogens with one attached hydrogen (secondary N) is 2. The lowest BCUT2D eigenvalue weighted by Crippen LogP contribution is -2.45. The Morgan fingerprint density at radius 2 is 2.19 bits per heavy atom. The van der Waals surface area contributed by atoms with Crippen LogP contribution in [0.15, 0.2) is 33.9 Å². The van der Waals surface area contributed by atoms with Gasteiger partial charge in [-0.2, -0.15) is 0 Å². The van der Waals surface area contributed by atoms with Crippen LogP contribution in [0, 0.1) is 5.82 Å². The van der Waals surface area contributed by atoms with Gasteiger partial charge in [0.2, 0.25) is 0 Å². The molecular formula is C14H14BrFN2O3. The van der Waals surface area contributed by atoms with Gasteiger partial charge in [-0.05, 0) is 47.5 Å². The van der Waals surface area contributed by atoms with E-state index in [0.717, 1.165) is 0 Å². The number of halogens is 2. The monoisotopic (exact) mass is 356 g/mol. The summed E-state index contributed by atoms with van der Waals surface area (Å²) < 4.78 is 18.6. The molecule has 1 aromatic rings. The Balaban J connectivity index is 2.46. The molecule has 0 unspecified atom stereocenters. The van der Waals surface area contributed by atoms with Gasteiger partial charge in [0.05, 0.1) is 22.7 Å². The first-order valence-electron chi connectivity index (χ1n) is 6.34. The summed E-state index contributed by atoms with van der Waals surface area (Å²) in [5.74, 6) is -0.939. The number of esters is 1. The van der Waals surface area contributed by atoms with Crippen LogP contribution in [-0.2, 0) is 9.53 Å². The third kappa shape index (κ3) is 3.24. The molecule has 7 heteroatoms. The van der Waals surface area contributed by atoms with Crippen molar-refractivity contribution in [1.29, 1.82) is 0 Å². The van der Waals surface area contributed by atoms with Crippen molar-refractivity contribution in [3.8, 4) is 0 Å². The summed E-state index contributed by atoms with van der Waals surface area (Å²) in [5, 5.41) is 5.18. The topological polar surface area (TPSA) is 67.4 Å². The lowest BCUT2D eigenvalue weighted by atomic mass is 9.95. The fourth-order valence-electron chi connectivity index (χ4n) is 2.12. The highest BCUT2D eigenvalue weighted by molar-refractivity contribution is 9.10. The Morgan fingerprint density at radius 1 is 1.48 bits per heavy atom. The molecule has 5 nitrogen and oxygen atoms in total. The number of carbonyl (C=O) groups is 2. The zero-order valence-electron chi connectivity index (χ0n) is 11.5. The van der Waals surface area contributed by atoms with Gasteiger partial charge in [-0.1, -0.05) is 6.07 Å². The summed E-state index contributed by atoms with van der Waals surface area (Å²) in [6, 6.07) is 3.20. The van der Waals surface area contributed by atoms with Crippen LogP contribution in [0.2, 0.25) is 0 Å². The van der Waals surface area contributed by atoms with E-state index in [0.29, 0.717) is 16.8 Å². The maximum absolute atomic E-state index is 13.3. The first kappa shape index (κ1) is 15.5. The minimum Gasteiger partial charge on any atom is -0.463 e. The van der Waals surface area contributed by atoms with Crippen LogP contribution in [0.4, 0.5) is 9.18 Å². The van der Waals surface area contributed by atoms with E-state index in [9.17, 15) is 14.0 Å². The standard InChI is InChI=1S/C14H14BrFN2O3/c1-3-21-13(19)11-7(2)17-14(20)18-12(11)8-4-5-10(16)9(15)6-8/h4-6,12H,3H2,1-2H3,(H2,17,18,20)/t12-/m1/s1. The number of amides is 2. The molecular weight excluding hydrogens is 343 g/mol. The van der Waals surface area contributed by atoms with E-state index in [2.05, 4.69) is 26.6 Å². The molecule has 1 heterocycles. The largest absolute Gasteiger partial charge is 0.463 e. The fraction of sp³-hybridized carbons (Fsp3) is 0.286. The van der Waals surface area contributed by atoms with Crippen LogP contribution in [0.25, 0.3) is 0 Å². The molecule has 0 bridgehead atoms. The van der Waals surface area contributed by atoms with Gasteiger partial charge in [-0.3, -0.25) is 0 Å². The Morgan fingerprint density at radius 3 is 2.81 bits per heavy atom. The van der Waals surface area contributed by atoms with Crippen LogP contribution in [-0.4, -0.2) is 18.6 Å². The van der Waals surface area contributed by atoms with Crippen LogP contribution in [0.5, 0.6) is 0 Å². The minimum absolute atomic E-state index is 0.226. The third-order valence-electron chi connectivity index (χ3n) is 3.04. The van der Waals surface area contributed by atoms with E-state index < -0.39 is 23.9 Å². The van der Waals surface area contributed by atoms with E-state index in [4.69, 9.17) is 4.74 Å². The quantitative estimate of drug-likeness (QED) is 0.818. The fourth-order valence-corrected chi connectivity index (χ4v) is 2.51. The molecule has 0 fully saturated rings. The van der Waals surface area contributed by atoms with E-state index in [1.807, 2.05) is 0 Å². The van der Waals surface area contributed by atoms with Crippen molar-refractivity contribution >= 4 is 27.9 Å². The Bertz CT molecular complexity index is 631. The van der Waals surface area contributed by atoms with Crippen LogP contribution in [0.1, 0.15) is 25.5 Å². The summed E-state index contributed by atoms with van der Waals surface area (Å²) in [6.45, 7) is 3.55. The second-order valence-corrected chi connectivity index (χ2v) is 5.32. The highest BCUT2D eigenvalue weighted by atomic mass is 79.9. The summed E-state index contributed by atoms with van der Waals surface area (Å²) in [5.41, 5.74) is 1.30. The summed E-state index contributed by atoms with van der Waals surface area (Å²) in [7, 11) is 0. The van der Waals surface area contributed by atoms with Crippen molar-refractivity contribution in [2.45, 2.75) is 19.9 Å². The highest BCUT2D eigenvalue weighted by Crippen LogP contribution is 2.30. The van der Waals surface area contributed by atoms with Crippen molar-refractivity contribution in [2.24, 2.45) is 0 Å². The van der Waals surface area contributed by atoms with Crippen molar-refractivity contribution in [1.82, 2.24) is 10.6 Å². The van der Waals surface area contributed by atoms with Crippen LogP contribution >= 0.6 is 15.9 Å². The number of benzene rings is 1. The molecule has 21 heavy (non-hydrogen) atoms. The molecule has 0 saturated heterocycles. The summed E-state index contributed by atoms with van der Waals surface area (Å²) >= 11 is 3.10. The number of hydrogen-bond donors (Lipinski definition) is 2. The molecule has 1 aliphatic heterocycles. The average Bonchev–Trinajstić information content (AvgIpc) is 2.41. The zero-order chi connectivity index (χ0) is 15.6. The van der Waals surface area contributed by atoms with Gasteiger partial charge >= 0.3 is 12.0 Å². The van der Waals surface area contributed by atoms with Crippen molar-refractivity contribution in [2.75, 3.05) is 6.61 Å². The number of urea groups is 1. The van der Waals surface area contributed by atoms with Gasteiger partial charge < -0.3 is 15.4 Å². The van der Waals surface area contributed by atoms with E-state index >= 15 is 0 Å². The molecule has 1 aromatic carbocycles. The number of allylic oxidation sites excluding steroid dienone is 1. The van der Waals surface area contributed by atoms with Gasteiger partial charge in [-0.15, -0.1) is 0 Å². The summed E-state index contributed by atoms with van der Waals surface area (Å²) in [6.07, 6.45) is 0.